The number of carbonyl (C=O) groups is 1. The number of rotatable bonds is 2. The molecular weight excluding hydrogens is 254 g/mol. The van der Waals surface area contributed by atoms with Crippen LogP contribution in [0.4, 0.5) is 10.5 Å². The monoisotopic (exact) mass is 263 g/mol. The molecule has 0 unspecified atom stereocenters. The predicted octanol–water partition coefficient (Wildman–Crippen LogP) is 3.04. The summed E-state index contributed by atoms with van der Waals surface area (Å²) in [7, 11) is 0. The molecule has 2 aromatic carbocycles. The zero-order valence-corrected chi connectivity index (χ0v) is 10.3. The molecule has 5 nitrogen and oxygen atoms in total. The van der Waals surface area contributed by atoms with Crippen LogP contribution in [-0.4, -0.2) is 6.09 Å². The molecule has 5 heteroatoms. The molecule has 0 fully saturated rings. The maximum absolute atomic E-state index is 11.7. The van der Waals surface area contributed by atoms with Gasteiger partial charge in [0.25, 0.3) is 0 Å². The lowest BCUT2D eigenvalue weighted by atomic mass is 10.1. The van der Waals surface area contributed by atoms with E-state index in [4.69, 9.17) is 15.3 Å². The Labute approximate surface area is 115 Å². The van der Waals surface area contributed by atoms with E-state index in [2.05, 4.69) is 5.32 Å². The number of nitriles is 2. The molecule has 0 saturated heterocycles. The Kier molecular flexibility index (Phi) is 3.96. The molecule has 0 aliphatic heterocycles. The molecule has 0 saturated carbocycles. The van der Waals surface area contributed by atoms with E-state index in [-0.39, 0.29) is 11.1 Å². The van der Waals surface area contributed by atoms with E-state index in [0.717, 1.165) is 0 Å². The van der Waals surface area contributed by atoms with Crippen LogP contribution >= 0.6 is 0 Å². The highest BCUT2D eigenvalue weighted by Gasteiger charge is 2.07. The fourth-order valence-corrected chi connectivity index (χ4v) is 1.55. The Morgan fingerprint density at radius 1 is 1.00 bits per heavy atom. The maximum atomic E-state index is 11.7. The minimum atomic E-state index is -0.662. The second-order valence-electron chi connectivity index (χ2n) is 3.81. The van der Waals surface area contributed by atoms with Crippen molar-refractivity contribution < 1.29 is 9.53 Å². The van der Waals surface area contributed by atoms with Crippen LogP contribution < -0.4 is 10.1 Å². The first-order chi connectivity index (χ1) is 9.72. The van der Waals surface area contributed by atoms with E-state index >= 15 is 0 Å². The first-order valence-electron chi connectivity index (χ1n) is 5.71. The summed E-state index contributed by atoms with van der Waals surface area (Å²) in [4.78, 5) is 11.7. The lowest BCUT2D eigenvalue weighted by Gasteiger charge is -2.07. The molecule has 0 aromatic heterocycles. The van der Waals surface area contributed by atoms with Crippen molar-refractivity contribution in [2.45, 2.75) is 0 Å². The third-order valence-corrected chi connectivity index (χ3v) is 2.46. The van der Waals surface area contributed by atoms with Gasteiger partial charge in [0, 0.05) is 5.69 Å². The molecule has 2 rings (SSSR count). The van der Waals surface area contributed by atoms with Gasteiger partial charge in [-0.3, -0.25) is 5.32 Å². The topological polar surface area (TPSA) is 85.9 Å². The van der Waals surface area contributed by atoms with Gasteiger partial charge in [0.1, 0.15) is 17.9 Å². The Hall–Kier alpha value is -3.31. The maximum Gasteiger partial charge on any atom is 0.417 e. The molecule has 2 aromatic rings. The molecule has 1 amide bonds. The fraction of sp³-hybridized carbons (Fsp3) is 0. The van der Waals surface area contributed by atoms with Gasteiger partial charge in [-0.25, -0.2) is 4.79 Å². The number of hydrogen-bond donors (Lipinski definition) is 1. The van der Waals surface area contributed by atoms with Crippen LogP contribution in [0, 0.1) is 22.7 Å². The van der Waals surface area contributed by atoms with Crippen LogP contribution in [0.5, 0.6) is 5.75 Å². The molecule has 0 radical (unpaired) electrons. The van der Waals surface area contributed by atoms with Crippen LogP contribution in [0.25, 0.3) is 0 Å². The van der Waals surface area contributed by atoms with Crippen molar-refractivity contribution in [1.29, 1.82) is 10.5 Å². The van der Waals surface area contributed by atoms with Crippen LogP contribution in [0.1, 0.15) is 11.1 Å². The van der Waals surface area contributed by atoms with E-state index in [1.165, 1.54) is 18.2 Å². The standard InChI is InChI=1S/C15H9N3O2/c16-9-11-6-7-13(8-12(11)10-17)18-15(19)20-14-4-2-1-3-5-14/h1-8H,(H,18,19). The lowest BCUT2D eigenvalue weighted by molar-refractivity contribution is 0.215. The van der Waals surface area contributed by atoms with Gasteiger partial charge >= 0.3 is 6.09 Å². The molecule has 0 aliphatic carbocycles. The second-order valence-corrected chi connectivity index (χ2v) is 3.81. The van der Waals surface area contributed by atoms with E-state index in [9.17, 15) is 4.79 Å². The zero-order valence-electron chi connectivity index (χ0n) is 10.3. The first-order valence-corrected chi connectivity index (χ1v) is 5.71. The van der Waals surface area contributed by atoms with Crippen LogP contribution in [-0.2, 0) is 0 Å². The summed E-state index contributed by atoms with van der Waals surface area (Å²) in [5, 5.41) is 20.2. The molecule has 96 valence electrons. The summed E-state index contributed by atoms with van der Waals surface area (Å²) < 4.78 is 5.05. The van der Waals surface area contributed by atoms with Crippen molar-refractivity contribution in [1.82, 2.24) is 0 Å². The number of carbonyl (C=O) groups excluding carboxylic acids is 1. The summed E-state index contributed by atoms with van der Waals surface area (Å²) in [6, 6.07) is 16.8. The Morgan fingerprint density at radius 3 is 2.35 bits per heavy atom. The molecule has 0 atom stereocenters. The average molecular weight is 263 g/mol. The molecule has 0 spiro atoms. The minimum absolute atomic E-state index is 0.199. The van der Waals surface area contributed by atoms with E-state index in [0.29, 0.717) is 11.4 Å². The number of benzene rings is 2. The summed E-state index contributed by atoms with van der Waals surface area (Å²) in [5.41, 5.74) is 0.848. The van der Waals surface area contributed by atoms with Gasteiger partial charge in [-0.15, -0.1) is 0 Å². The largest absolute Gasteiger partial charge is 0.417 e. The predicted molar refractivity (Wildman–Crippen MR) is 72.0 cm³/mol. The lowest BCUT2D eigenvalue weighted by Crippen LogP contribution is -2.16. The van der Waals surface area contributed by atoms with Gasteiger partial charge in [0.2, 0.25) is 0 Å². The summed E-state index contributed by atoms with van der Waals surface area (Å²) >= 11 is 0. The number of nitrogens with one attached hydrogen (secondary N) is 1. The number of amides is 1. The van der Waals surface area contributed by atoms with Gasteiger partial charge in [-0.1, -0.05) is 18.2 Å². The first kappa shape index (κ1) is 13.1. The van der Waals surface area contributed by atoms with Gasteiger partial charge in [0.05, 0.1) is 11.1 Å². The number of ether oxygens (including phenoxy) is 1. The number of nitrogens with zero attached hydrogens (tertiary/aromatic N) is 2. The number of para-hydroxylation sites is 1. The van der Waals surface area contributed by atoms with Crippen molar-refractivity contribution in [3.8, 4) is 17.9 Å². The van der Waals surface area contributed by atoms with Crippen LogP contribution in [0.2, 0.25) is 0 Å². The normalized spacial score (nSPS) is 9.10. The van der Waals surface area contributed by atoms with Gasteiger partial charge in [-0.2, -0.15) is 10.5 Å². The summed E-state index contributed by atoms with van der Waals surface area (Å²) in [5.74, 6) is 0.416. The highest BCUT2D eigenvalue weighted by Crippen LogP contribution is 2.16. The Bertz CT molecular complexity index is 712. The molecule has 0 aliphatic rings. The molecular formula is C15H9N3O2. The third kappa shape index (κ3) is 3.12. The third-order valence-electron chi connectivity index (χ3n) is 2.46. The van der Waals surface area contributed by atoms with Crippen LogP contribution in [0.15, 0.2) is 48.5 Å². The summed E-state index contributed by atoms with van der Waals surface area (Å²) in [6.45, 7) is 0. The molecule has 0 bridgehead atoms. The zero-order chi connectivity index (χ0) is 14.4. The fourth-order valence-electron chi connectivity index (χ4n) is 1.55. The highest BCUT2D eigenvalue weighted by molar-refractivity contribution is 5.86. The van der Waals surface area contributed by atoms with Crippen molar-refractivity contribution in [3.05, 3.63) is 59.7 Å². The Morgan fingerprint density at radius 2 is 1.70 bits per heavy atom. The number of anilines is 1. The minimum Gasteiger partial charge on any atom is -0.410 e. The van der Waals surface area contributed by atoms with Crippen molar-refractivity contribution in [3.63, 3.8) is 0 Å². The smallest absolute Gasteiger partial charge is 0.410 e. The van der Waals surface area contributed by atoms with Gasteiger partial charge in [-0.05, 0) is 30.3 Å². The number of hydrogen-bond acceptors (Lipinski definition) is 4. The van der Waals surface area contributed by atoms with E-state index < -0.39 is 6.09 Å². The van der Waals surface area contributed by atoms with Gasteiger partial charge < -0.3 is 4.74 Å². The Balaban J connectivity index is 2.09. The van der Waals surface area contributed by atoms with E-state index in [1.54, 1.807) is 24.3 Å². The van der Waals surface area contributed by atoms with Crippen molar-refractivity contribution in [2.24, 2.45) is 0 Å². The average Bonchev–Trinajstić information content (AvgIpc) is 2.48. The van der Waals surface area contributed by atoms with Crippen LogP contribution in [0.3, 0.4) is 0 Å². The summed E-state index contributed by atoms with van der Waals surface area (Å²) in [6.07, 6.45) is -0.662. The quantitative estimate of drug-likeness (QED) is 0.902. The SMILES string of the molecule is N#Cc1ccc(NC(=O)Oc2ccccc2)cc1C#N. The molecule has 1 N–H and O–H groups in total. The molecule has 20 heavy (non-hydrogen) atoms. The van der Waals surface area contributed by atoms with Gasteiger partial charge in [0.15, 0.2) is 0 Å². The van der Waals surface area contributed by atoms with Crippen molar-refractivity contribution >= 4 is 11.8 Å². The van der Waals surface area contributed by atoms with Crippen molar-refractivity contribution in [2.75, 3.05) is 5.32 Å². The highest BCUT2D eigenvalue weighted by atomic mass is 16.6. The molecule has 0 heterocycles. The van der Waals surface area contributed by atoms with E-state index in [1.807, 2.05) is 18.2 Å². The second kappa shape index (κ2) is 6.03.